The minimum absolute atomic E-state index is 0.0284. The van der Waals surface area contributed by atoms with E-state index in [1.807, 2.05) is 37.2 Å². The summed E-state index contributed by atoms with van der Waals surface area (Å²) in [7, 11) is 3.76. The number of nitrogens with one attached hydrogen (secondary N) is 1. The number of fused-ring (bicyclic) bond motifs is 1. The molecule has 0 amide bonds. The van der Waals surface area contributed by atoms with Crippen molar-refractivity contribution in [2.75, 3.05) is 30.4 Å². The van der Waals surface area contributed by atoms with Crippen molar-refractivity contribution in [3.8, 4) is 0 Å². The van der Waals surface area contributed by atoms with Crippen LogP contribution in [-0.2, 0) is 13.0 Å². The first-order chi connectivity index (χ1) is 9.65. The van der Waals surface area contributed by atoms with Crippen LogP contribution in [0.3, 0.4) is 0 Å². The Kier molecular flexibility index (Phi) is 3.18. The van der Waals surface area contributed by atoms with E-state index in [1.165, 1.54) is 0 Å². The molecule has 1 aliphatic heterocycles. The third kappa shape index (κ3) is 2.27. The molecule has 0 saturated heterocycles. The van der Waals surface area contributed by atoms with Crippen molar-refractivity contribution < 1.29 is 0 Å². The second-order valence-electron chi connectivity index (χ2n) is 5.22. The van der Waals surface area contributed by atoms with Gasteiger partial charge >= 0.3 is 0 Å². The van der Waals surface area contributed by atoms with Gasteiger partial charge in [0.05, 0.1) is 17.8 Å². The van der Waals surface area contributed by atoms with E-state index in [2.05, 4.69) is 27.0 Å². The lowest BCUT2D eigenvalue weighted by Gasteiger charge is -2.30. The summed E-state index contributed by atoms with van der Waals surface area (Å²) in [4.78, 5) is 23.6. The molecule has 2 heterocycles. The third-order valence-electron chi connectivity index (χ3n) is 3.60. The number of H-pyrrole nitrogens is 1. The quantitative estimate of drug-likeness (QED) is 0.896. The van der Waals surface area contributed by atoms with Gasteiger partial charge in [0.25, 0.3) is 5.56 Å². The minimum atomic E-state index is -0.0284. The molecule has 1 aromatic carbocycles. The van der Waals surface area contributed by atoms with Crippen molar-refractivity contribution in [1.82, 2.24) is 9.97 Å². The molecule has 0 atom stereocenters. The summed E-state index contributed by atoms with van der Waals surface area (Å²) < 4.78 is 0. The highest BCUT2D eigenvalue weighted by Crippen LogP contribution is 2.21. The summed E-state index contributed by atoms with van der Waals surface area (Å²) in [5, 5.41) is 0. The largest absolute Gasteiger partial charge is 0.367 e. The number of aromatic amines is 1. The number of para-hydroxylation sites is 1. The van der Waals surface area contributed by atoms with E-state index < -0.39 is 0 Å². The van der Waals surface area contributed by atoms with Crippen LogP contribution in [0.1, 0.15) is 11.3 Å². The van der Waals surface area contributed by atoms with E-state index in [4.69, 9.17) is 0 Å². The van der Waals surface area contributed by atoms with Gasteiger partial charge in [-0.25, -0.2) is 4.98 Å². The molecule has 0 radical (unpaired) electrons. The molecule has 0 unspecified atom stereocenters. The maximum Gasteiger partial charge on any atom is 0.257 e. The Bertz CT molecular complexity index is 663. The van der Waals surface area contributed by atoms with Crippen LogP contribution in [0.4, 0.5) is 11.6 Å². The Morgan fingerprint density at radius 2 is 2.00 bits per heavy atom. The van der Waals surface area contributed by atoms with Crippen LogP contribution >= 0.6 is 0 Å². The van der Waals surface area contributed by atoms with Gasteiger partial charge < -0.3 is 9.80 Å². The maximum absolute atomic E-state index is 12.2. The fourth-order valence-electron chi connectivity index (χ4n) is 2.48. The van der Waals surface area contributed by atoms with Crippen LogP contribution in [0, 0.1) is 0 Å². The summed E-state index contributed by atoms with van der Waals surface area (Å²) in [5.41, 5.74) is 2.82. The van der Waals surface area contributed by atoms with Gasteiger partial charge in [-0.1, -0.05) is 18.2 Å². The number of hydrogen-bond donors (Lipinski definition) is 1. The van der Waals surface area contributed by atoms with E-state index in [0.29, 0.717) is 12.5 Å². The highest BCUT2D eigenvalue weighted by molar-refractivity contribution is 5.48. The Labute approximate surface area is 117 Å². The van der Waals surface area contributed by atoms with Crippen LogP contribution < -0.4 is 15.4 Å². The van der Waals surface area contributed by atoms with Crippen molar-refractivity contribution in [1.29, 1.82) is 0 Å². The number of aromatic nitrogens is 2. The van der Waals surface area contributed by atoms with Gasteiger partial charge in [0.15, 0.2) is 0 Å². The molecule has 20 heavy (non-hydrogen) atoms. The highest BCUT2D eigenvalue weighted by atomic mass is 16.1. The molecule has 104 valence electrons. The van der Waals surface area contributed by atoms with Crippen molar-refractivity contribution in [3.63, 3.8) is 0 Å². The van der Waals surface area contributed by atoms with Gasteiger partial charge in [0.2, 0.25) is 5.95 Å². The first-order valence-corrected chi connectivity index (χ1v) is 6.74. The van der Waals surface area contributed by atoms with Gasteiger partial charge in [-0.3, -0.25) is 9.78 Å². The monoisotopic (exact) mass is 270 g/mol. The lowest BCUT2D eigenvalue weighted by atomic mass is 10.1. The molecular weight excluding hydrogens is 252 g/mol. The number of anilines is 2. The van der Waals surface area contributed by atoms with E-state index >= 15 is 0 Å². The van der Waals surface area contributed by atoms with Gasteiger partial charge in [0, 0.05) is 32.7 Å². The van der Waals surface area contributed by atoms with Crippen LogP contribution in [0.5, 0.6) is 0 Å². The fourth-order valence-corrected chi connectivity index (χ4v) is 2.48. The van der Waals surface area contributed by atoms with Gasteiger partial charge in [-0.2, -0.15) is 0 Å². The van der Waals surface area contributed by atoms with E-state index in [1.54, 1.807) is 0 Å². The normalized spacial score (nSPS) is 14.0. The summed E-state index contributed by atoms with van der Waals surface area (Å²) >= 11 is 0. The molecule has 1 aliphatic rings. The molecule has 0 aliphatic carbocycles. The second-order valence-corrected chi connectivity index (χ2v) is 5.22. The van der Waals surface area contributed by atoms with Crippen molar-refractivity contribution in [2.24, 2.45) is 0 Å². The van der Waals surface area contributed by atoms with Gasteiger partial charge in [-0.15, -0.1) is 0 Å². The van der Waals surface area contributed by atoms with Gasteiger partial charge in [-0.05, 0) is 12.1 Å². The molecule has 3 rings (SSSR count). The predicted octanol–water partition coefficient (Wildman–Crippen LogP) is 1.40. The molecular formula is C15H18N4O. The fraction of sp³-hybridized carbons (Fsp3) is 0.333. The standard InChI is InChI=1S/C15H18N4O/c1-18(2)15-16-13-8-9-19(10-12(13)14(20)17-15)11-6-4-3-5-7-11/h3-7H,8-10H2,1-2H3,(H,16,17,20). The molecule has 1 aromatic heterocycles. The zero-order valence-corrected chi connectivity index (χ0v) is 11.8. The average Bonchev–Trinajstić information content (AvgIpc) is 2.47. The van der Waals surface area contributed by atoms with Crippen molar-refractivity contribution in [2.45, 2.75) is 13.0 Å². The lowest BCUT2D eigenvalue weighted by Crippen LogP contribution is -2.36. The summed E-state index contributed by atoms with van der Waals surface area (Å²) in [6, 6.07) is 10.2. The molecule has 5 nitrogen and oxygen atoms in total. The molecule has 2 aromatic rings. The maximum atomic E-state index is 12.2. The smallest absolute Gasteiger partial charge is 0.257 e. The first-order valence-electron chi connectivity index (χ1n) is 6.74. The van der Waals surface area contributed by atoms with Crippen LogP contribution in [0.25, 0.3) is 0 Å². The topological polar surface area (TPSA) is 52.2 Å². The first kappa shape index (κ1) is 12.7. The Balaban J connectivity index is 1.94. The number of benzene rings is 1. The van der Waals surface area contributed by atoms with E-state index in [-0.39, 0.29) is 5.56 Å². The number of nitrogens with zero attached hydrogens (tertiary/aromatic N) is 3. The van der Waals surface area contributed by atoms with Crippen LogP contribution in [0.2, 0.25) is 0 Å². The van der Waals surface area contributed by atoms with Crippen LogP contribution in [-0.4, -0.2) is 30.6 Å². The van der Waals surface area contributed by atoms with Crippen LogP contribution in [0.15, 0.2) is 35.1 Å². The Morgan fingerprint density at radius 1 is 1.25 bits per heavy atom. The Hall–Kier alpha value is -2.30. The average molecular weight is 270 g/mol. The number of rotatable bonds is 2. The zero-order chi connectivity index (χ0) is 14.1. The molecule has 5 heteroatoms. The summed E-state index contributed by atoms with van der Waals surface area (Å²) in [6.07, 6.45) is 0.801. The Morgan fingerprint density at radius 3 is 2.70 bits per heavy atom. The lowest BCUT2D eigenvalue weighted by molar-refractivity contribution is 0.696. The molecule has 0 fully saturated rings. The second kappa shape index (κ2) is 5.00. The zero-order valence-electron chi connectivity index (χ0n) is 11.8. The number of hydrogen-bond acceptors (Lipinski definition) is 4. The van der Waals surface area contributed by atoms with Crippen molar-refractivity contribution in [3.05, 3.63) is 51.9 Å². The minimum Gasteiger partial charge on any atom is -0.367 e. The van der Waals surface area contributed by atoms with Gasteiger partial charge in [0.1, 0.15) is 0 Å². The van der Waals surface area contributed by atoms with E-state index in [0.717, 1.165) is 29.9 Å². The third-order valence-corrected chi connectivity index (χ3v) is 3.60. The SMILES string of the molecule is CN(C)c1nc2c(c(=O)[nH]1)CN(c1ccccc1)CC2. The molecule has 0 spiro atoms. The van der Waals surface area contributed by atoms with E-state index in [9.17, 15) is 4.79 Å². The van der Waals surface area contributed by atoms with Crippen molar-refractivity contribution >= 4 is 11.6 Å². The summed E-state index contributed by atoms with van der Waals surface area (Å²) in [6.45, 7) is 1.51. The molecule has 0 bridgehead atoms. The molecule has 1 N–H and O–H groups in total. The highest BCUT2D eigenvalue weighted by Gasteiger charge is 2.21. The predicted molar refractivity (Wildman–Crippen MR) is 80.4 cm³/mol. The molecule has 0 saturated carbocycles. The summed E-state index contributed by atoms with van der Waals surface area (Å²) in [5.74, 6) is 0.627.